The zero-order valence-corrected chi connectivity index (χ0v) is 15.3. The summed E-state index contributed by atoms with van der Waals surface area (Å²) in [6.45, 7) is 1.24. The molecule has 0 atom stereocenters. The van der Waals surface area contributed by atoms with E-state index in [-0.39, 0.29) is 24.6 Å². The van der Waals surface area contributed by atoms with Crippen molar-refractivity contribution in [1.29, 1.82) is 0 Å². The van der Waals surface area contributed by atoms with Crippen LogP contribution >= 0.6 is 0 Å². The van der Waals surface area contributed by atoms with E-state index in [1.54, 1.807) is 24.3 Å². The highest BCUT2D eigenvalue weighted by Gasteiger charge is 2.19. The molecular weight excluding hydrogens is 363 g/mol. The fourth-order valence-corrected chi connectivity index (χ4v) is 2.95. The SMILES string of the molecule is O=C(CNC(=O)c1ccccc1F)OCc1ccc(C(=O)N2CCCC2)cc1. The average molecular weight is 384 g/mol. The summed E-state index contributed by atoms with van der Waals surface area (Å²) in [5.41, 5.74) is 1.20. The van der Waals surface area contributed by atoms with Gasteiger partial charge in [0.05, 0.1) is 5.56 Å². The minimum absolute atomic E-state index is 0.0110. The van der Waals surface area contributed by atoms with Crippen LogP contribution in [0, 0.1) is 5.82 Å². The Morgan fingerprint density at radius 2 is 1.68 bits per heavy atom. The maximum absolute atomic E-state index is 13.5. The van der Waals surface area contributed by atoms with Gasteiger partial charge in [-0.1, -0.05) is 24.3 Å². The Bertz CT molecular complexity index is 861. The molecule has 6 nitrogen and oxygen atoms in total. The monoisotopic (exact) mass is 384 g/mol. The second-order valence-electron chi connectivity index (χ2n) is 6.52. The smallest absolute Gasteiger partial charge is 0.325 e. The van der Waals surface area contributed by atoms with Crippen molar-refractivity contribution >= 4 is 17.8 Å². The molecule has 1 fully saturated rings. The fraction of sp³-hybridized carbons (Fsp3) is 0.286. The van der Waals surface area contributed by atoms with Crippen molar-refractivity contribution in [2.45, 2.75) is 19.4 Å². The molecule has 2 amide bonds. The van der Waals surface area contributed by atoms with Gasteiger partial charge in [0.2, 0.25) is 0 Å². The first kappa shape index (κ1) is 19.5. The van der Waals surface area contributed by atoms with Crippen LogP contribution in [-0.2, 0) is 16.1 Å². The Balaban J connectivity index is 1.45. The number of ether oxygens (including phenoxy) is 1. The molecule has 0 saturated carbocycles. The Hall–Kier alpha value is -3.22. The maximum Gasteiger partial charge on any atom is 0.325 e. The van der Waals surface area contributed by atoms with Gasteiger partial charge in [-0.3, -0.25) is 14.4 Å². The van der Waals surface area contributed by atoms with Crippen LogP contribution in [0.2, 0.25) is 0 Å². The van der Waals surface area contributed by atoms with Crippen molar-refractivity contribution in [3.63, 3.8) is 0 Å². The van der Waals surface area contributed by atoms with Gasteiger partial charge in [0.25, 0.3) is 11.8 Å². The number of esters is 1. The van der Waals surface area contributed by atoms with E-state index in [1.807, 2.05) is 4.90 Å². The normalized spacial score (nSPS) is 13.2. The van der Waals surface area contributed by atoms with Gasteiger partial charge in [0, 0.05) is 18.7 Å². The molecule has 1 aliphatic heterocycles. The molecule has 0 spiro atoms. The van der Waals surface area contributed by atoms with Crippen LogP contribution in [0.15, 0.2) is 48.5 Å². The topological polar surface area (TPSA) is 75.7 Å². The fourth-order valence-electron chi connectivity index (χ4n) is 2.95. The third-order valence-corrected chi connectivity index (χ3v) is 4.51. The summed E-state index contributed by atoms with van der Waals surface area (Å²) < 4.78 is 18.6. The summed E-state index contributed by atoms with van der Waals surface area (Å²) in [6.07, 6.45) is 2.07. The number of benzene rings is 2. The molecule has 2 aromatic carbocycles. The number of amides is 2. The second kappa shape index (κ2) is 9.12. The second-order valence-corrected chi connectivity index (χ2v) is 6.52. The van der Waals surface area contributed by atoms with E-state index in [4.69, 9.17) is 4.74 Å². The molecule has 1 heterocycles. The lowest BCUT2D eigenvalue weighted by atomic mass is 10.1. The van der Waals surface area contributed by atoms with E-state index in [0.29, 0.717) is 5.56 Å². The predicted molar refractivity (Wildman–Crippen MR) is 100 cm³/mol. The van der Waals surface area contributed by atoms with Gasteiger partial charge < -0.3 is 15.0 Å². The van der Waals surface area contributed by atoms with Gasteiger partial charge in [0.1, 0.15) is 19.0 Å². The van der Waals surface area contributed by atoms with Gasteiger partial charge in [-0.25, -0.2) is 4.39 Å². The lowest BCUT2D eigenvalue weighted by molar-refractivity contribution is -0.143. The van der Waals surface area contributed by atoms with Crippen LogP contribution in [0.25, 0.3) is 0 Å². The Morgan fingerprint density at radius 1 is 1.00 bits per heavy atom. The van der Waals surface area contributed by atoms with Crippen molar-refractivity contribution in [1.82, 2.24) is 10.2 Å². The minimum atomic E-state index is -0.681. The molecule has 7 heteroatoms. The van der Waals surface area contributed by atoms with E-state index in [2.05, 4.69) is 5.32 Å². The van der Waals surface area contributed by atoms with Crippen LogP contribution in [0.4, 0.5) is 4.39 Å². The molecule has 0 unspecified atom stereocenters. The zero-order chi connectivity index (χ0) is 19.9. The Labute approximate surface area is 162 Å². The highest BCUT2D eigenvalue weighted by molar-refractivity contribution is 5.96. The highest BCUT2D eigenvalue weighted by atomic mass is 19.1. The van der Waals surface area contributed by atoms with E-state index in [9.17, 15) is 18.8 Å². The molecule has 1 saturated heterocycles. The van der Waals surface area contributed by atoms with Crippen LogP contribution < -0.4 is 5.32 Å². The van der Waals surface area contributed by atoms with Crippen LogP contribution in [0.1, 0.15) is 39.1 Å². The van der Waals surface area contributed by atoms with Crippen molar-refractivity contribution in [2.75, 3.05) is 19.6 Å². The number of halogens is 1. The van der Waals surface area contributed by atoms with Crippen LogP contribution in [0.5, 0.6) is 0 Å². The molecular formula is C21H21FN2O4. The van der Waals surface area contributed by atoms with E-state index < -0.39 is 17.7 Å². The van der Waals surface area contributed by atoms with E-state index in [1.165, 1.54) is 24.3 Å². The van der Waals surface area contributed by atoms with Crippen LogP contribution in [0.3, 0.4) is 0 Å². The molecule has 0 aromatic heterocycles. The molecule has 1 N–H and O–H groups in total. The molecule has 1 aliphatic rings. The van der Waals surface area contributed by atoms with Crippen molar-refractivity contribution in [3.8, 4) is 0 Å². The number of hydrogen-bond donors (Lipinski definition) is 1. The minimum Gasteiger partial charge on any atom is -0.460 e. The Morgan fingerprint density at radius 3 is 2.36 bits per heavy atom. The third-order valence-electron chi connectivity index (χ3n) is 4.51. The van der Waals surface area contributed by atoms with Gasteiger partial charge >= 0.3 is 5.97 Å². The zero-order valence-electron chi connectivity index (χ0n) is 15.3. The van der Waals surface area contributed by atoms with E-state index in [0.717, 1.165) is 31.5 Å². The van der Waals surface area contributed by atoms with Gasteiger partial charge in [-0.2, -0.15) is 0 Å². The first-order valence-electron chi connectivity index (χ1n) is 9.11. The summed E-state index contributed by atoms with van der Waals surface area (Å²) in [7, 11) is 0. The molecule has 0 radical (unpaired) electrons. The number of rotatable bonds is 6. The quantitative estimate of drug-likeness (QED) is 0.777. The lowest BCUT2D eigenvalue weighted by Crippen LogP contribution is -2.31. The summed E-state index contributed by atoms with van der Waals surface area (Å²) in [5, 5.41) is 2.33. The first-order chi connectivity index (χ1) is 13.5. The van der Waals surface area contributed by atoms with Gasteiger partial charge in [-0.15, -0.1) is 0 Å². The van der Waals surface area contributed by atoms with Crippen LogP contribution in [-0.4, -0.2) is 42.3 Å². The largest absolute Gasteiger partial charge is 0.460 e. The van der Waals surface area contributed by atoms with E-state index >= 15 is 0 Å². The standard InChI is InChI=1S/C21H21FN2O4/c22-18-6-2-1-5-17(18)20(26)23-13-19(25)28-14-15-7-9-16(10-8-15)21(27)24-11-3-4-12-24/h1-2,5-10H,3-4,11-14H2,(H,23,26). The summed E-state index contributed by atoms with van der Waals surface area (Å²) >= 11 is 0. The third kappa shape index (κ3) is 4.94. The molecule has 146 valence electrons. The van der Waals surface area contributed by atoms with Crippen molar-refractivity contribution in [2.24, 2.45) is 0 Å². The number of nitrogens with one attached hydrogen (secondary N) is 1. The summed E-state index contributed by atoms with van der Waals surface area (Å²) in [6, 6.07) is 12.4. The number of likely N-dealkylation sites (tertiary alicyclic amines) is 1. The van der Waals surface area contributed by atoms with Crippen molar-refractivity contribution < 1.29 is 23.5 Å². The first-order valence-corrected chi connectivity index (χ1v) is 9.11. The summed E-state index contributed by atoms with van der Waals surface area (Å²) in [5.74, 6) is -1.96. The lowest BCUT2D eigenvalue weighted by Gasteiger charge is -2.15. The molecule has 28 heavy (non-hydrogen) atoms. The molecule has 0 bridgehead atoms. The van der Waals surface area contributed by atoms with Crippen molar-refractivity contribution in [3.05, 3.63) is 71.0 Å². The highest BCUT2D eigenvalue weighted by Crippen LogP contribution is 2.14. The molecule has 0 aliphatic carbocycles. The number of carbonyl (C=O) groups excluding carboxylic acids is 3. The summed E-state index contributed by atoms with van der Waals surface area (Å²) in [4.78, 5) is 37.8. The average Bonchev–Trinajstić information content (AvgIpc) is 3.25. The van der Waals surface area contributed by atoms with Gasteiger partial charge in [-0.05, 0) is 42.7 Å². The molecule has 2 aromatic rings. The predicted octanol–water partition coefficient (Wildman–Crippen LogP) is 2.53. The number of hydrogen-bond acceptors (Lipinski definition) is 4. The van der Waals surface area contributed by atoms with Gasteiger partial charge in [0.15, 0.2) is 0 Å². The number of nitrogens with zero attached hydrogens (tertiary/aromatic N) is 1. The molecule has 3 rings (SSSR count). The Kier molecular flexibility index (Phi) is 6.37. The maximum atomic E-state index is 13.5. The number of carbonyl (C=O) groups is 3.